The normalized spacial score (nSPS) is 9.73. The zero-order valence-corrected chi connectivity index (χ0v) is 15.8. The van der Waals surface area contributed by atoms with Crippen LogP contribution in [-0.2, 0) is 11.3 Å². The van der Waals surface area contributed by atoms with E-state index in [0.29, 0.717) is 6.54 Å². The van der Waals surface area contributed by atoms with Gasteiger partial charge in [0.1, 0.15) is 6.54 Å². The number of para-hydroxylation sites is 3. The van der Waals surface area contributed by atoms with E-state index in [1.807, 2.05) is 65.6 Å². The third-order valence-electron chi connectivity index (χ3n) is 3.94. The van der Waals surface area contributed by atoms with Crippen LogP contribution in [0.15, 0.2) is 84.9 Å². The minimum atomic E-state index is -0.824. The second-order valence-corrected chi connectivity index (χ2v) is 6.07. The summed E-state index contributed by atoms with van der Waals surface area (Å²) < 4.78 is 0. The molecular weight excluding hydrogens is 390 g/mol. The van der Waals surface area contributed by atoms with Crippen molar-refractivity contribution in [2.75, 3.05) is 11.4 Å². The lowest BCUT2D eigenvalue weighted by atomic mass is 10.2. The highest BCUT2D eigenvalue weighted by Gasteiger charge is 2.21. The molecule has 0 aromatic heterocycles. The van der Waals surface area contributed by atoms with Gasteiger partial charge in [-0.1, -0.05) is 60.7 Å². The average molecular weight is 409 g/mol. The van der Waals surface area contributed by atoms with Crippen molar-refractivity contribution >= 4 is 23.0 Å². The van der Waals surface area contributed by atoms with E-state index in [4.69, 9.17) is 5.11 Å². The molecule has 0 atom stereocenters. The number of aliphatic carboxylic acids is 1. The van der Waals surface area contributed by atoms with Crippen LogP contribution in [0.25, 0.3) is 0 Å². The molecule has 0 saturated heterocycles. The van der Waals surface area contributed by atoms with Crippen LogP contribution in [0.2, 0.25) is 0 Å². The smallest absolute Gasteiger partial charge is 0.346 e. The SMILES string of the molecule is O=C(O)CN(Cc1ccccc1)c1ccccc1.O=[N+]([O-])c1ccccc1[N+](=O)[O-]. The van der Waals surface area contributed by atoms with Crippen LogP contribution in [-0.4, -0.2) is 27.5 Å². The van der Waals surface area contributed by atoms with Crippen molar-refractivity contribution in [1.82, 2.24) is 0 Å². The fraction of sp³-hybridized carbons (Fsp3) is 0.0952. The molecule has 0 saturated carbocycles. The van der Waals surface area contributed by atoms with Crippen molar-refractivity contribution in [3.63, 3.8) is 0 Å². The summed E-state index contributed by atoms with van der Waals surface area (Å²) in [6, 6.07) is 24.4. The van der Waals surface area contributed by atoms with Gasteiger partial charge in [0, 0.05) is 24.4 Å². The largest absolute Gasteiger partial charge is 0.480 e. The van der Waals surface area contributed by atoms with Gasteiger partial charge in [-0.2, -0.15) is 0 Å². The predicted octanol–water partition coefficient (Wildman–Crippen LogP) is 4.28. The first-order valence-electron chi connectivity index (χ1n) is 8.82. The van der Waals surface area contributed by atoms with Gasteiger partial charge in [0.2, 0.25) is 0 Å². The maximum absolute atomic E-state index is 10.9. The van der Waals surface area contributed by atoms with Gasteiger partial charge in [0.05, 0.1) is 9.85 Å². The number of hydrogen-bond acceptors (Lipinski definition) is 6. The van der Waals surface area contributed by atoms with E-state index in [0.717, 1.165) is 23.4 Å². The van der Waals surface area contributed by atoms with E-state index < -0.39 is 27.2 Å². The summed E-state index contributed by atoms with van der Waals surface area (Å²) in [5, 5.41) is 29.4. The maximum Gasteiger partial charge on any atom is 0.346 e. The maximum atomic E-state index is 10.9. The number of nitrogens with zero attached hydrogens (tertiary/aromatic N) is 3. The standard InChI is InChI=1S/C15H15NO2.C6H4N2O4/c17-15(18)12-16(14-9-5-2-6-10-14)11-13-7-3-1-4-8-13;9-7(10)5-3-1-2-4-6(5)8(11)12/h1-10H,11-12H2,(H,17,18);1-4H. The lowest BCUT2D eigenvalue weighted by Crippen LogP contribution is -2.29. The van der Waals surface area contributed by atoms with Gasteiger partial charge >= 0.3 is 17.3 Å². The molecule has 3 rings (SSSR count). The van der Waals surface area contributed by atoms with Crippen molar-refractivity contribution in [2.24, 2.45) is 0 Å². The molecule has 0 aliphatic heterocycles. The molecule has 30 heavy (non-hydrogen) atoms. The number of rotatable bonds is 7. The zero-order chi connectivity index (χ0) is 21.9. The quantitative estimate of drug-likeness (QED) is 0.456. The second kappa shape index (κ2) is 10.9. The van der Waals surface area contributed by atoms with Gasteiger partial charge in [-0.25, -0.2) is 0 Å². The van der Waals surface area contributed by atoms with Crippen LogP contribution in [0, 0.1) is 20.2 Å². The van der Waals surface area contributed by atoms with Crippen LogP contribution in [0.5, 0.6) is 0 Å². The van der Waals surface area contributed by atoms with Gasteiger partial charge < -0.3 is 10.0 Å². The third kappa shape index (κ3) is 6.71. The molecule has 3 aromatic carbocycles. The summed E-state index contributed by atoms with van der Waals surface area (Å²) in [5.41, 5.74) is 1.05. The zero-order valence-electron chi connectivity index (χ0n) is 15.8. The first-order chi connectivity index (χ1) is 14.4. The number of carboxylic acid groups (broad SMARTS) is 1. The Morgan fingerprint density at radius 2 is 1.20 bits per heavy atom. The Bertz CT molecular complexity index is 963. The van der Waals surface area contributed by atoms with E-state index in [2.05, 4.69) is 0 Å². The van der Waals surface area contributed by atoms with Gasteiger partial charge in [-0.15, -0.1) is 0 Å². The molecule has 1 N–H and O–H groups in total. The van der Waals surface area contributed by atoms with Gasteiger partial charge in [0.25, 0.3) is 0 Å². The summed E-state index contributed by atoms with van der Waals surface area (Å²) in [5.74, 6) is -0.824. The Balaban J connectivity index is 0.000000232. The molecule has 154 valence electrons. The first-order valence-corrected chi connectivity index (χ1v) is 8.82. The Hall–Kier alpha value is -4.27. The molecule has 0 spiro atoms. The number of anilines is 1. The third-order valence-corrected chi connectivity index (χ3v) is 3.94. The number of nitro groups is 2. The van der Waals surface area contributed by atoms with Crippen molar-refractivity contribution in [3.05, 3.63) is 111 Å². The number of carboxylic acids is 1. The number of hydrogen-bond donors (Lipinski definition) is 1. The predicted molar refractivity (Wildman–Crippen MR) is 111 cm³/mol. The molecule has 0 radical (unpaired) electrons. The minimum absolute atomic E-state index is 0.00108. The van der Waals surface area contributed by atoms with Crippen LogP contribution in [0.1, 0.15) is 5.56 Å². The number of nitro benzene ring substituents is 2. The molecule has 0 fully saturated rings. The molecule has 0 bridgehead atoms. The molecule has 0 aliphatic rings. The summed E-state index contributed by atoms with van der Waals surface area (Å²) in [7, 11) is 0. The number of benzene rings is 3. The van der Waals surface area contributed by atoms with Crippen molar-refractivity contribution < 1.29 is 19.7 Å². The lowest BCUT2D eigenvalue weighted by Gasteiger charge is -2.22. The van der Waals surface area contributed by atoms with Crippen molar-refractivity contribution in [3.8, 4) is 0 Å². The molecule has 3 aromatic rings. The molecule has 0 heterocycles. The molecule has 0 aliphatic carbocycles. The highest BCUT2D eigenvalue weighted by molar-refractivity contribution is 5.73. The number of carbonyl (C=O) groups is 1. The highest BCUT2D eigenvalue weighted by atomic mass is 16.6. The van der Waals surface area contributed by atoms with E-state index in [1.54, 1.807) is 0 Å². The minimum Gasteiger partial charge on any atom is -0.480 e. The summed E-state index contributed by atoms with van der Waals surface area (Å²) >= 11 is 0. The van der Waals surface area contributed by atoms with Crippen LogP contribution in [0.4, 0.5) is 17.1 Å². The highest BCUT2D eigenvalue weighted by Crippen LogP contribution is 2.24. The molecular formula is C21H19N3O6. The van der Waals surface area contributed by atoms with Gasteiger partial charge in [0.15, 0.2) is 0 Å². The van der Waals surface area contributed by atoms with Crippen molar-refractivity contribution in [1.29, 1.82) is 0 Å². The van der Waals surface area contributed by atoms with E-state index >= 15 is 0 Å². The topological polar surface area (TPSA) is 127 Å². The fourth-order valence-electron chi connectivity index (χ4n) is 2.62. The first kappa shape index (κ1) is 22.0. The Morgan fingerprint density at radius 1 is 0.767 bits per heavy atom. The lowest BCUT2D eigenvalue weighted by molar-refractivity contribution is -0.422. The molecule has 0 unspecified atom stereocenters. The van der Waals surface area contributed by atoms with E-state index in [9.17, 15) is 25.0 Å². The second-order valence-electron chi connectivity index (χ2n) is 6.07. The fourth-order valence-corrected chi connectivity index (χ4v) is 2.62. The summed E-state index contributed by atoms with van der Waals surface area (Å²) in [6.07, 6.45) is 0. The molecule has 0 amide bonds. The van der Waals surface area contributed by atoms with E-state index in [-0.39, 0.29) is 6.54 Å². The van der Waals surface area contributed by atoms with E-state index in [1.165, 1.54) is 12.1 Å². The van der Waals surface area contributed by atoms with Crippen molar-refractivity contribution in [2.45, 2.75) is 6.54 Å². The van der Waals surface area contributed by atoms with Crippen LogP contribution < -0.4 is 4.90 Å². The van der Waals surface area contributed by atoms with Crippen LogP contribution >= 0.6 is 0 Å². The average Bonchev–Trinajstić information content (AvgIpc) is 2.75. The Morgan fingerprint density at radius 3 is 1.63 bits per heavy atom. The monoisotopic (exact) mass is 409 g/mol. The van der Waals surface area contributed by atoms with Gasteiger partial charge in [-0.05, 0) is 17.7 Å². The molecule has 9 heteroatoms. The molecule has 9 nitrogen and oxygen atoms in total. The van der Waals surface area contributed by atoms with Crippen LogP contribution in [0.3, 0.4) is 0 Å². The Labute approximate surface area is 172 Å². The summed E-state index contributed by atoms with van der Waals surface area (Å²) in [6.45, 7) is 0.593. The summed E-state index contributed by atoms with van der Waals surface area (Å²) in [4.78, 5) is 31.7. The Kier molecular flexibility index (Phi) is 8.01. The van der Waals surface area contributed by atoms with Gasteiger partial charge in [-0.3, -0.25) is 25.0 Å².